The van der Waals surface area contributed by atoms with E-state index in [2.05, 4.69) is 33.4 Å². The summed E-state index contributed by atoms with van der Waals surface area (Å²) in [4.78, 5) is 0. The molecule has 23 heavy (non-hydrogen) atoms. The summed E-state index contributed by atoms with van der Waals surface area (Å²) in [5.41, 5.74) is 1.20. The van der Waals surface area contributed by atoms with Crippen molar-refractivity contribution < 1.29 is 14.6 Å². The molecule has 0 aliphatic rings. The van der Waals surface area contributed by atoms with Gasteiger partial charge in [-0.3, -0.25) is 0 Å². The van der Waals surface area contributed by atoms with Crippen molar-refractivity contribution in [2.45, 2.75) is 12.6 Å². The first-order valence-electron chi connectivity index (χ1n) is 7.63. The second-order valence-electron chi connectivity index (χ2n) is 5.15. The third-order valence-corrected chi connectivity index (χ3v) is 3.70. The lowest BCUT2D eigenvalue weighted by Gasteiger charge is -2.13. The molecule has 4 nitrogen and oxygen atoms in total. The molecule has 5 heteroatoms. The summed E-state index contributed by atoms with van der Waals surface area (Å²) in [5.74, 6) is 0.807. The number of aliphatic hydroxyl groups excluding tert-OH is 1. The second-order valence-corrected chi connectivity index (χ2v) is 6.06. The Balaban J connectivity index is 1.49. The van der Waals surface area contributed by atoms with E-state index >= 15 is 0 Å². The molecule has 0 saturated carbocycles. The Kier molecular flexibility index (Phi) is 8.11. The summed E-state index contributed by atoms with van der Waals surface area (Å²) in [6, 6.07) is 17.7. The molecule has 0 amide bonds. The molecule has 2 aromatic rings. The molecule has 0 aliphatic carbocycles. The molecule has 0 bridgehead atoms. The van der Waals surface area contributed by atoms with E-state index in [0.717, 1.165) is 16.8 Å². The molecular weight excluding hydrogens is 358 g/mol. The first-order valence-corrected chi connectivity index (χ1v) is 8.42. The van der Waals surface area contributed by atoms with Gasteiger partial charge in [0.25, 0.3) is 0 Å². The van der Waals surface area contributed by atoms with Crippen LogP contribution in [0.5, 0.6) is 5.75 Å². The Morgan fingerprint density at radius 3 is 2.48 bits per heavy atom. The van der Waals surface area contributed by atoms with E-state index in [1.54, 1.807) is 0 Å². The summed E-state index contributed by atoms with van der Waals surface area (Å²) < 4.78 is 12.0. The third-order valence-electron chi connectivity index (χ3n) is 3.17. The van der Waals surface area contributed by atoms with Gasteiger partial charge >= 0.3 is 0 Å². The van der Waals surface area contributed by atoms with Crippen LogP contribution >= 0.6 is 15.9 Å². The monoisotopic (exact) mass is 379 g/mol. The van der Waals surface area contributed by atoms with E-state index < -0.39 is 6.10 Å². The molecule has 1 unspecified atom stereocenters. The van der Waals surface area contributed by atoms with Crippen molar-refractivity contribution >= 4 is 15.9 Å². The SMILES string of the molecule is OC(CNCc1ccccc1)COCCOc1ccc(Br)cc1. The molecule has 0 radical (unpaired) electrons. The Bertz CT molecular complexity index is 548. The molecule has 0 spiro atoms. The maximum Gasteiger partial charge on any atom is 0.119 e. The highest BCUT2D eigenvalue weighted by molar-refractivity contribution is 9.10. The van der Waals surface area contributed by atoms with Crippen molar-refractivity contribution in [3.05, 3.63) is 64.6 Å². The minimum atomic E-state index is -0.522. The van der Waals surface area contributed by atoms with Crippen LogP contribution in [0.3, 0.4) is 0 Å². The Morgan fingerprint density at radius 2 is 1.74 bits per heavy atom. The van der Waals surface area contributed by atoms with Gasteiger partial charge in [-0.05, 0) is 29.8 Å². The number of ether oxygens (including phenoxy) is 2. The predicted molar refractivity (Wildman–Crippen MR) is 94.6 cm³/mol. The highest BCUT2D eigenvalue weighted by atomic mass is 79.9. The summed E-state index contributed by atoms with van der Waals surface area (Å²) in [6.45, 7) is 2.45. The van der Waals surface area contributed by atoms with Crippen LogP contribution in [0, 0.1) is 0 Å². The molecule has 0 saturated heterocycles. The van der Waals surface area contributed by atoms with Crippen LogP contribution < -0.4 is 10.1 Å². The largest absolute Gasteiger partial charge is 0.491 e. The quantitative estimate of drug-likeness (QED) is 0.623. The van der Waals surface area contributed by atoms with Gasteiger partial charge in [0.1, 0.15) is 12.4 Å². The fraction of sp³-hybridized carbons (Fsp3) is 0.333. The number of aliphatic hydroxyl groups is 1. The van der Waals surface area contributed by atoms with E-state index in [0.29, 0.717) is 26.4 Å². The third kappa shape index (κ3) is 7.61. The van der Waals surface area contributed by atoms with Crippen molar-refractivity contribution in [3.8, 4) is 5.75 Å². The topological polar surface area (TPSA) is 50.7 Å². The lowest BCUT2D eigenvalue weighted by atomic mass is 10.2. The van der Waals surface area contributed by atoms with Crippen molar-refractivity contribution in [3.63, 3.8) is 0 Å². The van der Waals surface area contributed by atoms with Gasteiger partial charge in [0.2, 0.25) is 0 Å². The maximum atomic E-state index is 9.84. The van der Waals surface area contributed by atoms with Crippen LogP contribution in [0.1, 0.15) is 5.56 Å². The van der Waals surface area contributed by atoms with Gasteiger partial charge in [0, 0.05) is 17.6 Å². The normalized spacial score (nSPS) is 12.1. The summed E-state index contributed by atoms with van der Waals surface area (Å²) in [6.07, 6.45) is -0.522. The number of hydrogen-bond acceptors (Lipinski definition) is 4. The van der Waals surface area contributed by atoms with Crippen LogP contribution in [-0.4, -0.2) is 37.6 Å². The highest BCUT2D eigenvalue weighted by Gasteiger charge is 2.04. The Labute approximate surface area is 145 Å². The van der Waals surface area contributed by atoms with Gasteiger partial charge in [0.15, 0.2) is 0 Å². The molecule has 2 rings (SSSR count). The standard InChI is InChI=1S/C18H22BrNO3/c19-16-6-8-18(9-7-16)23-11-10-22-14-17(21)13-20-12-15-4-2-1-3-5-15/h1-9,17,20-21H,10-14H2. The summed E-state index contributed by atoms with van der Waals surface area (Å²) in [5, 5.41) is 13.0. The highest BCUT2D eigenvalue weighted by Crippen LogP contribution is 2.15. The molecule has 0 heterocycles. The van der Waals surface area contributed by atoms with E-state index in [1.165, 1.54) is 5.56 Å². The smallest absolute Gasteiger partial charge is 0.119 e. The van der Waals surface area contributed by atoms with E-state index in [-0.39, 0.29) is 0 Å². The van der Waals surface area contributed by atoms with Crippen molar-refractivity contribution in [2.24, 2.45) is 0 Å². The number of rotatable bonds is 10. The minimum absolute atomic E-state index is 0.297. The number of halogens is 1. The zero-order chi connectivity index (χ0) is 16.3. The number of benzene rings is 2. The van der Waals surface area contributed by atoms with Crippen molar-refractivity contribution in [1.82, 2.24) is 5.32 Å². The average molecular weight is 380 g/mol. The maximum absolute atomic E-state index is 9.84. The van der Waals surface area contributed by atoms with E-state index in [1.807, 2.05) is 42.5 Å². The van der Waals surface area contributed by atoms with Crippen molar-refractivity contribution in [2.75, 3.05) is 26.4 Å². The van der Waals surface area contributed by atoms with Crippen LogP contribution in [0.25, 0.3) is 0 Å². The average Bonchev–Trinajstić information content (AvgIpc) is 2.57. The van der Waals surface area contributed by atoms with Crippen LogP contribution in [0.2, 0.25) is 0 Å². The summed E-state index contributed by atoms with van der Waals surface area (Å²) in [7, 11) is 0. The van der Waals surface area contributed by atoms with Gasteiger partial charge < -0.3 is 19.9 Å². The van der Waals surface area contributed by atoms with Gasteiger partial charge in [-0.25, -0.2) is 0 Å². The van der Waals surface area contributed by atoms with Gasteiger partial charge in [-0.15, -0.1) is 0 Å². The fourth-order valence-electron chi connectivity index (χ4n) is 2.01. The molecule has 1 atom stereocenters. The fourth-order valence-corrected chi connectivity index (χ4v) is 2.27. The molecule has 124 valence electrons. The lowest BCUT2D eigenvalue weighted by molar-refractivity contribution is 0.0250. The molecule has 0 aliphatic heterocycles. The van der Waals surface area contributed by atoms with Gasteiger partial charge in [-0.2, -0.15) is 0 Å². The zero-order valence-electron chi connectivity index (χ0n) is 13.0. The molecule has 2 aromatic carbocycles. The first kappa shape index (κ1) is 17.9. The van der Waals surface area contributed by atoms with Crippen LogP contribution in [0.4, 0.5) is 0 Å². The first-order chi connectivity index (χ1) is 11.2. The van der Waals surface area contributed by atoms with E-state index in [9.17, 15) is 5.11 Å². The minimum Gasteiger partial charge on any atom is -0.491 e. The van der Waals surface area contributed by atoms with Crippen LogP contribution in [0.15, 0.2) is 59.1 Å². The predicted octanol–water partition coefficient (Wildman–Crippen LogP) is 3.00. The number of nitrogens with one attached hydrogen (secondary N) is 1. The van der Waals surface area contributed by atoms with E-state index in [4.69, 9.17) is 9.47 Å². The molecular formula is C18H22BrNO3. The Hall–Kier alpha value is -1.40. The number of hydrogen-bond donors (Lipinski definition) is 2. The van der Waals surface area contributed by atoms with Crippen molar-refractivity contribution in [1.29, 1.82) is 0 Å². The summed E-state index contributed by atoms with van der Waals surface area (Å²) >= 11 is 3.38. The Morgan fingerprint density at radius 1 is 1.00 bits per heavy atom. The zero-order valence-corrected chi connectivity index (χ0v) is 14.5. The lowest BCUT2D eigenvalue weighted by Crippen LogP contribution is -2.30. The van der Waals surface area contributed by atoms with Gasteiger partial charge in [-0.1, -0.05) is 46.3 Å². The molecule has 0 aromatic heterocycles. The second kappa shape index (κ2) is 10.4. The molecule has 0 fully saturated rings. The van der Waals surface area contributed by atoms with Gasteiger partial charge in [0.05, 0.1) is 19.3 Å². The van der Waals surface area contributed by atoms with Crippen LogP contribution in [-0.2, 0) is 11.3 Å². The molecule has 2 N–H and O–H groups in total.